The molecule has 0 unspecified atom stereocenters. The lowest BCUT2D eigenvalue weighted by molar-refractivity contribution is 0.0897. The number of carbonyl (C=O) groups is 1. The summed E-state index contributed by atoms with van der Waals surface area (Å²) in [7, 11) is 0. The molecule has 0 saturated heterocycles. The van der Waals surface area contributed by atoms with Gasteiger partial charge in [-0.25, -0.2) is 9.37 Å². The largest absolute Gasteiger partial charge is 0.334 e. The fourth-order valence-corrected chi connectivity index (χ4v) is 2.30. The second kappa shape index (κ2) is 5.31. The first kappa shape index (κ1) is 13.4. The summed E-state index contributed by atoms with van der Waals surface area (Å²) < 4.78 is 26.4. The summed E-state index contributed by atoms with van der Waals surface area (Å²) in [5.74, 6) is -3.38. The molecule has 1 aromatic heterocycles. The third-order valence-electron chi connectivity index (χ3n) is 3.37. The van der Waals surface area contributed by atoms with E-state index in [0.717, 1.165) is 31.5 Å². The molecule has 1 aliphatic carbocycles. The zero-order chi connectivity index (χ0) is 13.9. The van der Waals surface area contributed by atoms with Gasteiger partial charge in [0.15, 0.2) is 5.82 Å². The van der Waals surface area contributed by atoms with Crippen molar-refractivity contribution < 1.29 is 13.6 Å². The molecule has 0 radical (unpaired) electrons. The lowest BCUT2D eigenvalue weighted by atomic mass is 9.82. The second-order valence-electron chi connectivity index (χ2n) is 4.67. The van der Waals surface area contributed by atoms with Gasteiger partial charge in [0.2, 0.25) is 5.95 Å². The summed E-state index contributed by atoms with van der Waals surface area (Å²) in [5.41, 5.74) is -1.39. The third kappa shape index (κ3) is 2.70. The molecular formula is C13H13F2N3O. The van der Waals surface area contributed by atoms with Gasteiger partial charge in [0.25, 0.3) is 5.91 Å². The molecule has 0 atom stereocenters. The van der Waals surface area contributed by atoms with Crippen LogP contribution in [0.2, 0.25) is 0 Å². The Morgan fingerprint density at radius 2 is 2.05 bits per heavy atom. The maximum atomic E-state index is 13.5. The smallest absolute Gasteiger partial charge is 0.255 e. The number of carbonyl (C=O) groups excluding carboxylic acids is 1. The Bertz CT molecular complexity index is 533. The van der Waals surface area contributed by atoms with Gasteiger partial charge in [-0.3, -0.25) is 4.79 Å². The Labute approximate surface area is 109 Å². The van der Waals surface area contributed by atoms with Crippen LogP contribution in [0.4, 0.5) is 8.78 Å². The van der Waals surface area contributed by atoms with Crippen molar-refractivity contribution in [2.45, 2.75) is 37.6 Å². The van der Waals surface area contributed by atoms with Gasteiger partial charge >= 0.3 is 0 Å². The molecule has 100 valence electrons. The number of hydrogen-bond donors (Lipinski definition) is 1. The normalized spacial score (nSPS) is 17.5. The number of pyridine rings is 1. The topological polar surface area (TPSA) is 65.8 Å². The van der Waals surface area contributed by atoms with Gasteiger partial charge in [0, 0.05) is 6.20 Å². The lowest BCUT2D eigenvalue weighted by Gasteiger charge is -2.31. The van der Waals surface area contributed by atoms with E-state index in [1.54, 1.807) is 0 Å². The summed E-state index contributed by atoms with van der Waals surface area (Å²) in [4.78, 5) is 15.1. The number of nitriles is 1. The van der Waals surface area contributed by atoms with Crippen LogP contribution in [0, 0.1) is 23.1 Å². The Morgan fingerprint density at radius 1 is 1.37 bits per heavy atom. The quantitative estimate of drug-likeness (QED) is 0.834. The number of halogens is 2. The van der Waals surface area contributed by atoms with Crippen molar-refractivity contribution in [3.63, 3.8) is 0 Å². The van der Waals surface area contributed by atoms with Gasteiger partial charge in [0.1, 0.15) is 5.54 Å². The third-order valence-corrected chi connectivity index (χ3v) is 3.37. The van der Waals surface area contributed by atoms with Crippen molar-refractivity contribution in [2.75, 3.05) is 0 Å². The van der Waals surface area contributed by atoms with E-state index in [1.807, 2.05) is 0 Å². The predicted octanol–water partition coefficient (Wildman–Crippen LogP) is 2.32. The van der Waals surface area contributed by atoms with Crippen molar-refractivity contribution in [3.8, 4) is 6.07 Å². The molecule has 0 aromatic carbocycles. The molecule has 1 saturated carbocycles. The van der Waals surface area contributed by atoms with E-state index in [1.165, 1.54) is 0 Å². The van der Waals surface area contributed by atoms with Crippen LogP contribution in [0.5, 0.6) is 0 Å². The number of aromatic nitrogens is 1. The summed E-state index contributed by atoms with van der Waals surface area (Å²) in [5, 5.41) is 11.7. The van der Waals surface area contributed by atoms with E-state index in [2.05, 4.69) is 16.4 Å². The van der Waals surface area contributed by atoms with Crippen molar-refractivity contribution >= 4 is 5.91 Å². The first-order valence-corrected chi connectivity index (χ1v) is 6.12. The second-order valence-corrected chi connectivity index (χ2v) is 4.67. The van der Waals surface area contributed by atoms with Crippen LogP contribution >= 0.6 is 0 Å². The highest BCUT2D eigenvalue weighted by molar-refractivity contribution is 5.95. The van der Waals surface area contributed by atoms with Crippen molar-refractivity contribution in [1.82, 2.24) is 10.3 Å². The van der Waals surface area contributed by atoms with Crippen molar-refractivity contribution in [1.29, 1.82) is 5.26 Å². The molecule has 19 heavy (non-hydrogen) atoms. The van der Waals surface area contributed by atoms with Crippen LogP contribution in [0.15, 0.2) is 12.3 Å². The molecule has 1 N–H and O–H groups in total. The molecule has 1 amide bonds. The highest BCUT2D eigenvalue weighted by Gasteiger charge is 2.34. The highest BCUT2D eigenvalue weighted by atomic mass is 19.2. The van der Waals surface area contributed by atoms with Crippen LogP contribution in [-0.2, 0) is 0 Å². The lowest BCUT2D eigenvalue weighted by Crippen LogP contribution is -2.48. The van der Waals surface area contributed by atoms with Gasteiger partial charge in [0.05, 0.1) is 11.6 Å². The Kier molecular flexibility index (Phi) is 3.74. The van der Waals surface area contributed by atoms with Crippen molar-refractivity contribution in [2.24, 2.45) is 0 Å². The molecule has 6 heteroatoms. The first-order chi connectivity index (χ1) is 9.08. The number of amides is 1. The molecular weight excluding hydrogens is 252 g/mol. The van der Waals surface area contributed by atoms with E-state index < -0.39 is 28.8 Å². The maximum Gasteiger partial charge on any atom is 0.255 e. The molecule has 1 heterocycles. The molecule has 1 aromatic rings. The minimum absolute atomic E-state index is 0.423. The predicted molar refractivity (Wildman–Crippen MR) is 63.0 cm³/mol. The van der Waals surface area contributed by atoms with E-state index in [4.69, 9.17) is 0 Å². The Hall–Kier alpha value is -2.03. The molecule has 0 spiro atoms. The molecule has 0 aliphatic heterocycles. The van der Waals surface area contributed by atoms with Crippen LogP contribution < -0.4 is 5.32 Å². The number of hydrogen-bond acceptors (Lipinski definition) is 3. The Balaban J connectivity index is 2.21. The van der Waals surface area contributed by atoms with E-state index >= 15 is 0 Å². The highest BCUT2D eigenvalue weighted by Crippen LogP contribution is 2.28. The molecule has 1 fully saturated rings. The zero-order valence-corrected chi connectivity index (χ0v) is 10.2. The van der Waals surface area contributed by atoms with Gasteiger partial charge in [-0.05, 0) is 18.9 Å². The van der Waals surface area contributed by atoms with Crippen LogP contribution in [-0.4, -0.2) is 16.4 Å². The number of rotatable bonds is 2. The SMILES string of the molecule is N#CC1(NC(=O)c2ccnc(F)c2F)CCCCC1. The fraction of sp³-hybridized carbons (Fsp3) is 0.462. The monoisotopic (exact) mass is 265 g/mol. The van der Waals surface area contributed by atoms with Gasteiger partial charge in [-0.2, -0.15) is 9.65 Å². The number of nitrogens with zero attached hydrogens (tertiary/aromatic N) is 2. The van der Waals surface area contributed by atoms with Crippen LogP contribution in [0.1, 0.15) is 42.5 Å². The van der Waals surface area contributed by atoms with Gasteiger partial charge < -0.3 is 5.32 Å². The minimum Gasteiger partial charge on any atom is -0.334 e. The van der Waals surface area contributed by atoms with E-state index in [0.29, 0.717) is 12.8 Å². The summed E-state index contributed by atoms with van der Waals surface area (Å²) >= 11 is 0. The van der Waals surface area contributed by atoms with Gasteiger partial charge in [-0.15, -0.1) is 0 Å². The van der Waals surface area contributed by atoms with E-state index in [-0.39, 0.29) is 0 Å². The molecule has 0 bridgehead atoms. The minimum atomic E-state index is -1.32. The average Bonchev–Trinajstić information content (AvgIpc) is 2.42. The zero-order valence-electron chi connectivity index (χ0n) is 10.2. The first-order valence-electron chi connectivity index (χ1n) is 6.12. The van der Waals surface area contributed by atoms with Crippen LogP contribution in [0.3, 0.4) is 0 Å². The standard InChI is InChI=1S/C13H13F2N3O/c14-10-9(4-7-17-11(10)15)12(19)18-13(8-16)5-2-1-3-6-13/h4,7H,1-3,5-6H2,(H,18,19). The van der Waals surface area contributed by atoms with Gasteiger partial charge in [-0.1, -0.05) is 19.3 Å². The summed E-state index contributed by atoms with van der Waals surface area (Å²) in [6.45, 7) is 0. The average molecular weight is 265 g/mol. The summed E-state index contributed by atoms with van der Waals surface area (Å²) in [6.07, 6.45) is 4.77. The van der Waals surface area contributed by atoms with Crippen molar-refractivity contribution in [3.05, 3.63) is 29.6 Å². The fourth-order valence-electron chi connectivity index (χ4n) is 2.30. The molecule has 1 aliphatic rings. The summed E-state index contributed by atoms with van der Waals surface area (Å²) in [6, 6.07) is 3.19. The van der Waals surface area contributed by atoms with Crippen LogP contribution in [0.25, 0.3) is 0 Å². The molecule has 4 nitrogen and oxygen atoms in total. The maximum absolute atomic E-state index is 13.5. The number of nitrogens with one attached hydrogen (secondary N) is 1. The Morgan fingerprint density at radius 3 is 2.68 bits per heavy atom. The molecule has 2 rings (SSSR count). The van der Waals surface area contributed by atoms with E-state index in [9.17, 15) is 18.8 Å².